The van der Waals surface area contributed by atoms with Gasteiger partial charge >= 0.3 is 0 Å². The topological polar surface area (TPSA) is 139 Å². The summed E-state index contributed by atoms with van der Waals surface area (Å²) in [6.07, 6.45) is -5.45. The van der Waals surface area contributed by atoms with Crippen molar-refractivity contribution in [2.75, 3.05) is 6.61 Å². The lowest BCUT2D eigenvalue weighted by Gasteiger charge is -2.37. The third kappa shape index (κ3) is 1.95. The van der Waals surface area contributed by atoms with Crippen LogP contribution in [0, 0.1) is 0 Å². The number of hydrogen-bond donors (Lipinski definition) is 4. The predicted octanol–water partition coefficient (Wildman–Crippen LogP) is -1.90. The second-order valence-electron chi connectivity index (χ2n) is 2.92. The van der Waals surface area contributed by atoms with Crippen LogP contribution in [0.15, 0.2) is 5.11 Å². The molecule has 80 valence electrons. The van der Waals surface area contributed by atoms with Crippen LogP contribution < -0.4 is 0 Å². The molecule has 0 aromatic rings. The first-order chi connectivity index (χ1) is 6.61. The zero-order valence-corrected chi connectivity index (χ0v) is 7.13. The van der Waals surface area contributed by atoms with Crippen molar-refractivity contribution in [1.82, 2.24) is 0 Å². The molecule has 0 radical (unpaired) electrons. The molecule has 0 aliphatic carbocycles. The Morgan fingerprint density at radius 2 is 1.93 bits per heavy atom. The van der Waals surface area contributed by atoms with Crippen molar-refractivity contribution >= 4 is 0 Å². The van der Waals surface area contributed by atoms with Gasteiger partial charge in [-0.15, -0.1) is 0 Å². The van der Waals surface area contributed by atoms with Crippen LogP contribution in [-0.2, 0) is 4.74 Å². The zero-order chi connectivity index (χ0) is 10.7. The van der Waals surface area contributed by atoms with Gasteiger partial charge in [0.15, 0.2) is 6.29 Å². The minimum atomic E-state index is -1.53. The van der Waals surface area contributed by atoms with E-state index in [4.69, 9.17) is 15.4 Å². The largest absolute Gasteiger partial charge is 0.394 e. The van der Waals surface area contributed by atoms with Crippen molar-refractivity contribution in [2.24, 2.45) is 5.11 Å². The minimum Gasteiger partial charge on any atom is -0.394 e. The SMILES string of the molecule is [N-]=[N+]=N[C@H]1C(O)[C@H](O)C(CO)O[C@H]1O. The van der Waals surface area contributed by atoms with Gasteiger partial charge in [-0.3, -0.25) is 0 Å². The van der Waals surface area contributed by atoms with Crippen molar-refractivity contribution in [3.63, 3.8) is 0 Å². The second-order valence-corrected chi connectivity index (χ2v) is 2.92. The van der Waals surface area contributed by atoms with Crippen molar-refractivity contribution in [2.45, 2.75) is 30.6 Å². The number of aliphatic hydroxyl groups excluding tert-OH is 4. The monoisotopic (exact) mass is 205 g/mol. The summed E-state index contributed by atoms with van der Waals surface area (Å²) in [6.45, 7) is -0.543. The van der Waals surface area contributed by atoms with Crippen molar-refractivity contribution in [3.8, 4) is 0 Å². The van der Waals surface area contributed by atoms with Crippen molar-refractivity contribution in [3.05, 3.63) is 10.4 Å². The number of aliphatic hydroxyl groups is 4. The molecule has 0 aromatic heterocycles. The van der Waals surface area contributed by atoms with Gasteiger partial charge in [0.1, 0.15) is 18.2 Å². The van der Waals surface area contributed by atoms with Crippen LogP contribution >= 0.6 is 0 Å². The van der Waals surface area contributed by atoms with E-state index >= 15 is 0 Å². The predicted molar refractivity (Wildman–Crippen MR) is 42.9 cm³/mol. The van der Waals surface area contributed by atoms with Gasteiger partial charge in [0, 0.05) is 4.91 Å². The molecule has 0 amide bonds. The highest BCUT2D eigenvalue weighted by atomic mass is 16.6. The molecule has 14 heavy (non-hydrogen) atoms. The van der Waals surface area contributed by atoms with Crippen molar-refractivity contribution in [1.29, 1.82) is 0 Å². The van der Waals surface area contributed by atoms with Gasteiger partial charge in [0.05, 0.1) is 12.7 Å². The molecular formula is C6H11N3O5. The summed E-state index contributed by atoms with van der Waals surface area (Å²) < 4.78 is 4.71. The van der Waals surface area contributed by atoms with E-state index in [1.165, 1.54) is 0 Å². The molecule has 4 N–H and O–H groups in total. The molecule has 1 saturated heterocycles. The third-order valence-corrected chi connectivity index (χ3v) is 2.05. The maximum atomic E-state index is 9.37. The Kier molecular flexibility index (Phi) is 3.64. The summed E-state index contributed by atoms with van der Waals surface area (Å²) in [5.74, 6) is 0. The molecule has 8 heteroatoms. The van der Waals surface area contributed by atoms with Crippen LogP contribution in [0.2, 0.25) is 0 Å². The number of rotatable bonds is 2. The number of nitrogens with zero attached hydrogens (tertiary/aromatic N) is 3. The van der Waals surface area contributed by atoms with Crippen LogP contribution in [0.1, 0.15) is 0 Å². The average Bonchev–Trinajstić information content (AvgIpc) is 2.18. The Bertz CT molecular complexity index is 244. The average molecular weight is 205 g/mol. The van der Waals surface area contributed by atoms with E-state index in [2.05, 4.69) is 10.0 Å². The summed E-state index contributed by atoms with van der Waals surface area (Å²) >= 11 is 0. The van der Waals surface area contributed by atoms with E-state index in [1.807, 2.05) is 0 Å². The van der Waals surface area contributed by atoms with Crippen LogP contribution in [-0.4, -0.2) is 57.7 Å². The van der Waals surface area contributed by atoms with Gasteiger partial charge in [0.25, 0.3) is 0 Å². The Morgan fingerprint density at radius 1 is 1.29 bits per heavy atom. The fraction of sp³-hybridized carbons (Fsp3) is 1.00. The van der Waals surface area contributed by atoms with Gasteiger partial charge in [-0.05, 0) is 5.53 Å². The minimum absolute atomic E-state index is 0.543. The normalized spacial score (nSPS) is 43.0. The first kappa shape index (κ1) is 11.2. The molecule has 0 bridgehead atoms. The smallest absolute Gasteiger partial charge is 0.166 e. The molecule has 1 aliphatic heterocycles. The van der Waals surface area contributed by atoms with E-state index in [1.54, 1.807) is 0 Å². The molecule has 0 spiro atoms. The maximum absolute atomic E-state index is 9.37. The first-order valence-corrected chi connectivity index (χ1v) is 3.96. The highest BCUT2D eigenvalue weighted by Gasteiger charge is 2.43. The molecule has 8 nitrogen and oxygen atoms in total. The molecule has 1 rings (SSSR count). The lowest BCUT2D eigenvalue weighted by molar-refractivity contribution is -0.248. The maximum Gasteiger partial charge on any atom is 0.166 e. The molecule has 1 fully saturated rings. The summed E-state index contributed by atoms with van der Waals surface area (Å²) in [5, 5.41) is 39.7. The molecule has 1 aliphatic rings. The quantitative estimate of drug-likeness (QED) is 0.237. The van der Waals surface area contributed by atoms with E-state index in [-0.39, 0.29) is 0 Å². The van der Waals surface area contributed by atoms with Gasteiger partial charge in [-0.25, -0.2) is 0 Å². The number of hydrogen-bond acceptors (Lipinski definition) is 6. The van der Waals surface area contributed by atoms with Gasteiger partial charge in [-0.1, -0.05) is 5.11 Å². The van der Waals surface area contributed by atoms with E-state index in [9.17, 15) is 15.3 Å². The molecular weight excluding hydrogens is 194 g/mol. The Morgan fingerprint density at radius 3 is 2.43 bits per heavy atom. The highest BCUT2D eigenvalue weighted by molar-refractivity contribution is 4.92. The summed E-state index contributed by atoms with van der Waals surface area (Å²) in [6, 6.07) is -1.27. The summed E-state index contributed by atoms with van der Waals surface area (Å²) in [4.78, 5) is 2.40. The van der Waals surface area contributed by atoms with Crippen LogP contribution in [0.3, 0.4) is 0 Å². The number of azide groups is 1. The van der Waals surface area contributed by atoms with E-state index in [0.717, 1.165) is 0 Å². The van der Waals surface area contributed by atoms with E-state index < -0.39 is 37.3 Å². The Balaban J connectivity index is 2.78. The van der Waals surface area contributed by atoms with Crippen molar-refractivity contribution < 1.29 is 25.2 Å². The second kappa shape index (κ2) is 4.56. The molecule has 5 atom stereocenters. The lowest BCUT2D eigenvalue weighted by atomic mass is 9.98. The molecule has 0 aromatic carbocycles. The van der Waals surface area contributed by atoms with Gasteiger partial charge in [-0.2, -0.15) is 0 Å². The van der Waals surface area contributed by atoms with Crippen LogP contribution in [0.5, 0.6) is 0 Å². The summed E-state index contributed by atoms with van der Waals surface area (Å²) in [5.41, 5.74) is 8.11. The van der Waals surface area contributed by atoms with Crippen LogP contribution in [0.25, 0.3) is 10.4 Å². The third-order valence-electron chi connectivity index (χ3n) is 2.05. The van der Waals surface area contributed by atoms with Gasteiger partial charge in [0.2, 0.25) is 0 Å². The fourth-order valence-corrected chi connectivity index (χ4v) is 1.27. The summed E-state index contributed by atoms with van der Waals surface area (Å²) in [7, 11) is 0. The molecule has 1 heterocycles. The van der Waals surface area contributed by atoms with Gasteiger partial charge < -0.3 is 25.2 Å². The standard InChI is InChI=1S/C6H11N3O5/c7-9-8-3-5(12)4(11)2(1-10)14-6(3)13/h2-6,10-13H,1H2/t2?,3-,4+,5?,6+/m0/s1. The molecule has 2 unspecified atom stereocenters. The Hall–Kier alpha value is -0.890. The number of ether oxygens (including phenoxy) is 1. The first-order valence-electron chi connectivity index (χ1n) is 3.96. The fourth-order valence-electron chi connectivity index (χ4n) is 1.27. The van der Waals surface area contributed by atoms with Crippen LogP contribution in [0.4, 0.5) is 0 Å². The molecule has 0 saturated carbocycles. The lowest BCUT2D eigenvalue weighted by Crippen LogP contribution is -2.57. The zero-order valence-electron chi connectivity index (χ0n) is 7.13. The van der Waals surface area contributed by atoms with E-state index in [0.29, 0.717) is 0 Å². The Labute approximate surface area is 79.0 Å². The highest BCUT2D eigenvalue weighted by Crippen LogP contribution is 2.21.